The van der Waals surface area contributed by atoms with E-state index >= 15 is 0 Å². The van der Waals surface area contributed by atoms with Crippen LogP contribution in [0.1, 0.15) is 40.5 Å². The van der Waals surface area contributed by atoms with Crippen molar-refractivity contribution in [3.63, 3.8) is 0 Å². The molecule has 1 aromatic heterocycles. The molecule has 1 aliphatic heterocycles. The molecule has 6 heteroatoms. The van der Waals surface area contributed by atoms with Crippen molar-refractivity contribution in [1.82, 2.24) is 4.90 Å². The summed E-state index contributed by atoms with van der Waals surface area (Å²) in [5, 5.41) is 14.8. The zero-order chi connectivity index (χ0) is 17.8. The third kappa shape index (κ3) is 3.74. The van der Waals surface area contributed by atoms with Crippen molar-refractivity contribution in [2.24, 2.45) is 0 Å². The van der Waals surface area contributed by atoms with E-state index < -0.39 is 0 Å². The van der Waals surface area contributed by atoms with Gasteiger partial charge in [-0.15, -0.1) is 11.3 Å². The summed E-state index contributed by atoms with van der Waals surface area (Å²) in [6.45, 7) is 4.07. The van der Waals surface area contributed by atoms with Gasteiger partial charge in [-0.2, -0.15) is 0 Å². The Bertz CT molecular complexity index is 786. The van der Waals surface area contributed by atoms with Gasteiger partial charge in [0.15, 0.2) is 0 Å². The lowest BCUT2D eigenvalue weighted by Gasteiger charge is -2.35. The van der Waals surface area contributed by atoms with Crippen molar-refractivity contribution in [2.45, 2.75) is 25.3 Å². The minimum Gasteiger partial charge on any atom is -0.507 e. The van der Waals surface area contributed by atoms with Gasteiger partial charge in [-0.3, -0.25) is 9.59 Å². The van der Waals surface area contributed by atoms with Crippen LogP contribution in [0.25, 0.3) is 0 Å². The summed E-state index contributed by atoms with van der Waals surface area (Å²) in [5.41, 5.74) is 0.654. The van der Waals surface area contributed by atoms with E-state index in [1.807, 2.05) is 22.4 Å². The Morgan fingerprint density at radius 2 is 2.16 bits per heavy atom. The number of aromatic hydroxyl groups is 1. The fourth-order valence-corrected chi connectivity index (χ4v) is 3.96. The number of carbonyl (C=O) groups is 2. The highest BCUT2D eigenvalue weighted by atomic mass is 32.1. The Balaban J connectivity index is 1.89. The van der Waals surface area contributed by atoms with Crippen molar-refractivity contribution >= 4 is 28.8 Å². The lowest BCUT2D eigenvalue weighted by atomic mass is 9.99. The molecule has 1 aliphatic rings. The van der Waals surface area contributed by atoms with E-state index in [1.54, 1.807) is 17.4 Å². The number of nitrogens with one attached hydrogen (secondary N) is 1. The van der Waals surface area contributed by atoms with Gasteiger partial charge in [0.05, 0.1) is 11.6 Å². The number of carbonyl (C=O) groups excluding carboxylic acids is 2. The molecule has 1 saturated heterocycles. The fraction of sp³-hybridized carbons (Fsp3) is 0.263. The molecule has 2 N–H and O–H groups in total. The molecule has 1 atom stereocenters. The quantitative estimate of drug-likeness (QED) is 0.644. The summed E-state index contributed by atoms with van der Waals surface area (Å²) >= 11 is 1.64. The van der Waals surface area contributed by atoms with Crippen molar-refractivity contribution in [3.05, 3.63) is 58.8 Å². The summed E-state index contributed by atoms with van der Waals surface area (Å²) < 4.78 is 0. The zero-order valence-corrected chi connectivity index (χ0v) is 14.6. The maximum atomic E-state index is 13.1. The highest BCUT2D eigenvalue weighted by molar-refractivity contribution is 7.10. The van der Waals surface area contributed by atoms with Gasteiger partial charge in [-0.05, 0) is 55.0 Å². The predicted molar refractivity (Wildman–Crippen MR) is 98.9 cm³/mol. The SMILES string of the molecule is C=CC(=O)Nc1ccc(O)c(C(=O)N2CCCCC2c2cccs2)c1. The zero-order valence-electron chi connectivity index (χ0n) is 13.8. The number of benzene rings is 1. The molecular weight excluding hydrogens is 336 g/mol. The van der Waals surface area contributed by atoms with Crippen molar-refractivity contribution < 1.29 is 14.7 Å². The van der Waals surface area contributed by atoms with Crippen LogP contribution >= 0.6 is 11.3 Å². The highest BCUT2D eigenvalue weighted by Gasteiger charge is 2.30. The molecule has 130 valence electrons. The second-order valence-electron chi connectivity index (χ2n) is 5.95. The van der Waals surface area contributed by atoms with Gasteiger partial charge in [0.25, 0.3) is 5.91 Å². The summed E-state index contributed by atoms with van der Waals surface area (Å²) in [6.07, 6.45) is 4.10. The summed E-state index contributed by atoms with van der Waals surface area (Å²) in [5.74, 6) is -0.666. The number of piperidine rings is 1. The molecule has 2 amide bonds. The Kier molecular flexibility index (Phi) is 5.19. The lowest BCUT2D eigenvalue weighted by Crippen LogP contribution is -2.38. The number of thiophene rings is 1. The van der Waals surface area contributed by atoms with E-state index in [0.29, 0.717) is 12.2 Å². The van der Waals surface area contributed by atoms with Crippen LogP contribution in [0.15, 0.2) is 48.4 Å². The Morgan fingerprint density at radius 3 is 2.88 bits per heavy atom. The smallest absolute Gasteiger partial charge is 0.258 e. The van der Waals surface area contributed by atoms with Crippen LogP contribution in [0.4, 0.5) is 5.69 Å². The number of rotatable bonds is 4. The van der Waals surface area contributed by atoms with Crippen LogP contribution in [0.3, 0.4) is 0 Å². The third-order valence-corrected chi connectivity index (χ3v) is 5.29. The molecule has 1 aromatic carbocycles. The molecule has 25 heavy (non-hydrogen) atoms. The first-order valence-electron chi connectivity index (χ1n) is 8.21. The monoisotopic (exact) mass is 356 g/mol. The van der Waals surface area contributed by atoms with Crippen LogP contribution in [0, 0.1) is 0 Å². The molecule has 0 aliphatic carbocycles. The van der Waals surface area contributed by atoms with Gasteiger partial charge in [-0.25, -0.2) is 0 Å². The number of hydrogen-bond donors (Lipinski definition) is 2. The van der Waals surface area contributed by atoms with Gasteiger partial charge in [0, 0.05) is 17.1 Å². The summed E-state index contributed by atoms with van der Waals surface area (Å²) in [4.78, 5) is 27.5. The van der Waals surface area contributed by atoms with Crippen LogP contribution in [-0.2, 0) is 4.79 Å². The standard InChI is InChI=1S/C19H20N2O3S/c1-2-18(23)20-13-8-9-16(22)14(12-13)19(24)21-10-4-3-6-15(21)17-7-5-11-25-17/h2,5,7-9,11-12,15,22H,1,3-4,6,10H2,(H,20,23). The lowest BCUT2D eigenvalue weighted by molar-refractivity contribution is -0.111. The molecule has 5 nitrogen and oxygen atoms in total. The second-order valence-corrected chi connectivity index (χ2v) is 6.93. The molecule has 2 heterocycles. The number of likely N-dealkylation sites (tertiary alicyclic amines) is 1. The van der Waals surface area contributed by atoms with Gasteiger partial charge >= 0.3 is 0 Å². The molecule has 0 radical (unpaired) electrons. The van der Waals surface area contributed by atoms with Crippen LogP contribution in [0.2, 0.25) is 0 Å². The first-order chi connectivity index (χ1) is 12.1. The maximum absolute atomic E-state index is 13.1. The minimum atomic E-state index is -0.362. The summed E-state index contributed by atoms with van der Waals surface area (Å²) in [6, 6.07) is 8.56. The predicted octanol–water partition coefficient (Wildman–Crippen LogP) is 3.95. The van der Waals surface area contributed by atoms with Gasteiger partial charge in [-0.1, -0.05) is 12.6 Å². The second kappa shape index (κ2) is 7.53. The van der Waals surface area contributed by atoms with E-state index in [2.05, 4.69) is 11.9 Å². The third-order valence-electron chi connectivity index (χ3n) is 4.32. The molecule has 1 fully saturated rings. The highest BCUT2D eigenvalue weighted by Crippen LogP contribution is 2.36. The Labute approximate surface area is 150 Å². The maximum Gasteiger partial charge on any atom is 0.258 e. The topological polar surface area (TPSA) is 69.6 Å². The van der Waals surface area contributed by atoms with E-state index in [0.717, 1.165) is 30.2 Å². The number of hydrogen-bond acceptors (Lipinski definition) is 4. The number of phenolic OH excluding ortho intramolecular Hbond substituents is 1. The van der Waals surface area contributed by atoms with Crippen LogP contribution in [-0.4, -0.2) is 28.4 Å². The Hall–Kier alpha value is -2.60. The van der Waals surface area contributed by atoms with Gasteiger partial charge in [0.2, 0.25) is 5.91 Å². The largest absolute Gasteiger partial charge is 0.507 e. The van der Waals surface area contributed by atoms with Crippen LogP contribution in [0.5, 0.6) is 5.75 Å². The number of anilines is 1. The van der Waals surface area contributed by atoms with Crippen molar-refractivity contribution in [3.8, 4) is 5.75 Å². The molecule has 0 spiro atoms. The van der Waals surface area contributed by atoms with Gasteiger partial charge < -0.3 is 15.3 Å². The van der Waals surface area contributed by atoms with E-state index in [1.165, 1.54) is 12.1 Å². The fourth-order valence-electron chi connectivity index (χ4n) is 3.08. The molecule has 1 unspecified atom stereocenters. The Morgan fingerprint density at radius 1 is 1.32 bits per heavy atom. The molecule has 2 aromatic rings. The van der Waals surface area contributed by atoms with Crippen LogP contribution < -0.4 is 5.32 Å². The van der Waals surface area contributed by atoms with Crippen molar-refractivity contribution in [2.75, 3.05) is 11.9 Å². The van der Waals surface area contributed by atoms with Crippen molar-refractivity contribution in [1.29, 1.82) is 0 Å². The summed E-state index contributed by atoms with van der Waals surface area (Å²) in [7, 11) is 0. The number of phenols is 1. The van der Waals surface area contributed by atoms with E-state index in [-0.39, 0.29) is 29.2 Å². The molecule has 3 rings (SSSR count). The first-order valence-corrected chi connectivity index (χ1v) is 9.09. The average molecular weight is 356 g/mol. The van der Waals surface area contributed by atoms with E-state index in [4.69, 9.17) is 0 Å². The number of nitrogens with zero attached hydrogens (tertiary/aromatic N) is 1. The average Bonchev–Trinajstić information content (AvgIpc) is 3.17. The minimum absolute atomic E-state index is 0.0343. The molecule has 0 saturated carbocycles. The normalized spacial score (nSPS) is 17.1. The molecule has 0 bridgehead atoms. The van der Waals surface area contributed by atoms with E-state index in [9.17, 15) is 14.7 Å². The first kappa shape index (κ1) is 17.2. The van der Waals surface area contributed by atoms with Gasteiger partial charge in [0.1, 0.15) is 5.75 Å². The molecular formula is C19H20N2O3S. The number of amides is 2.